The van der Waals surface area contributed by atoms with Crippen LogP contribution in [-0.4, -0.2) is 47.7 Å². The highest BCUT2D eigenvalue weighted by Crippen LogP contribution is 2.38. The highest BCUT2D eigenvalue weighted by molar-refractivity contribution is 5.79. The van der Waals surface area contributed by atoms with Crippen LogP contribution in [0.25, 0.3) is 0 Å². The molecule has 2 heterocycles. The van der Waals surface area contributed by atoms with Crippen molar-refractivity contribution in [3.8, 4) is 0 Å². The van der Waals surface area contributed by atoms with Crippen molar-refractivity contribution in [3.05, 3.63) is 35.9 Å². The van der Waals surface area contributed by atoms with E-state index in [-0.39, 0.29) is 17.2 Å². The van der Waals surface area contributed by atoms with Gasteiger partial charge in [0.15, 0.2) is 0 Å². The van der Waals surface area contributed by atoms with Gasteiger partial charge in [-0.2, -0.15) is 0 Å². The maximum Gasteiger partial charge on any atom is 0.223 e. The van der Waals surface area contributed by atoms with Gasteiger partial charge in [-0.15, -0.1) is 0 Å². The Kier molecular flexibility index (Phi) is 4.00. The molecule has 4 heteroatoms. The highest BCUT2D eigenvalue weighted by Gasteiger charge is 2.48. The number of nitrogens with zero attached hydrogens (tertiary/aromatic N) is 1. The van der Waals surface area contributed by atoms with Crippen LogP contribution in [0.4, 0.5) is 0 Å². The van der Waals surface area contributed by atoms with Crippen molar-refractivity contribution in [3.63, 3.8) is 0 Å². The molecule has 2 N–H and O–H groups in total. The first-order valence-corrected chi connectivity index (χ1v) is 8.17. The molecular formula is C18H26N2O2. The zero-order valence-electron chi connectivity index (χ0n) is 13.5. The Labute approximate surface area is 132 Å². The number of likely N-dealkylation sites (tertiary alicyclic amines) is 1. The van der Waals surface area contributed by atoms with Gasteiger partial charge >= 0.3 is 0 Å². The van der Waals surface area contributed by atoms with E-state index < -0.39 is 5.60 Å². The van der Waals surface area contributed by atoms with Gasteiger partial charge in [-0.25, -0.2) is 0 Å². The first kappa shape index (κ1) is 15.5. The standard InChI is InChI=1S/C18H26N2O2/c1-17(2)12-19-9-8-18(17,22)13-20-11-15(10-16(20)21)14-6-4-3-5-7-14/h3-7,15,19,22H,8-13H2,1-2H3/t15-,18?/m0/s1. The van der Waals surface area contributed by atoms with E-state index in [0.29, 0.717) is 25.9 Å². The Hall–Kier alpha value is -1.39. The molecule has 0 aliphatic carbocycles. The van der Waals surface area contributed by atoms with Crippen LogP contribution >= 0.6 is 0 Å². The average molecular weight is 302 g/mol. The van der Waals surface area contributed by atoms with Gasteiger partial charge in [-0.05, 0) is 18.5 Å². The minimum atomic E-state index is -0.806. The van der Waals surface area contributed by atoms with E-state index in [4.69, 9.17) is 0 Å². The van der Waals surface area contributed by atoms with Crippen LogP contribution in [0.2, 0.25) is 0 Å². The number of carbonyl (C=O) groups excluding carboxylic acids is 1. The lowest BCUT2D eigenvalue weighted by Crippen LogP contribution is -2.61. The number of hydrogen-bond acceptors (Lipinski definition) is 3. The first-order chi connectivity index (χ1) is 10.4. The fourth-order valence-corrected chi connectivity index (χ4v) is 3.68. The summed E-state index contributed by atoms with van der Waals surface area (Å²) in [4.78, 5) is 14.2. The summed E-state index contributed by atoms with van der Waals surface area (Å²) in [6.45, 7) is 6.92. The molecule has 0 saturated carbocycles. The summed E-state index contributed by atoms with van der Waals surface area (Å²) in [5, 5.41) is 14.4. The predicted molar refractivity (Wildman–Crippen MR) is 86.6 cm³/mol. The van der Waals surface area contributed by atoms with E-state index in [1.165, 1.54) is 5.56 Å². The van der Waals surface area contributed by atoms with E-state index in [2.05, 4.69) is 31.3 Å². The van der Waals surface area contributed by atoms with Gasteiger partial charge < -0.3 is 15.3 Å². The number of carbonyl (C=O) groups is 1. The molecule has 1 amide bonds. The largest absolute Gasteiger partial charge is 0.387 e. The van der Waals surface area contributed by atoms with Gasteiger partial charge in [0, 0.05) is 30.8 Å². The topological polar surface area (TPSA) is 52.6 Å². The fraction of sp³-hybridized carbons (Fsp3) is 0.611. The number of nitrogens with one attached hydrogen (secondary N) is 1. The van der Waals surface area contributed by atoms with Crippen molar-refractivity contribution < 1.29 is 9.90 Å². The van der Waals surface area contributed by atoms with Crippen molar-refractivity contribution in [1.82, 2.24) is 10.2 Å². The molecular weight excluding hydrogens is 276 g/mol. The smallest absolute Gasteiger partial charge is 0.223 e. The van der Waals surface area contributed by atoms with E-state index in [1.807, 2.05) is 23.1 Å². The second kappa shape index (κ2) is 5.67. The lowest BCUT2D eigenvalue weighted by molar-refractivity contribution is -0.139. The van der Waals surface area contributed by atoms with Crippen molar-refractivity contribution in [2.45, 2.75) is 38.2 Å². The number of hydrogen-bond donors (Lipinski definition) is 2. The molecule has 22 heavy (non-hydrogen) atoms. The van der Waals surface area contributed by atoms with Crippen LogP contribution in [0.15, 0.2) is 30.3 Å². The van der Waals surface area contributed by atoms with Crippen molar-refractivity contribution >= 4 is 5.91 Å². The molecule has 1 aromatic carbocycles. The molecule has 1 unspecified atom stereocenters. The van der Waals surface area contributed by atoms with E-state index in [1.54, 1.807) is 0 Å². The molecule has 2 aliphatic rings. The summed E-state index contributed by atoms with van der Waals surface area (Å²) in [5.74, 6) is 0.415. The molecule has 2 atom stereocenters. The zero-order valence-corrected chi connectivity index (χ0v) is 13.5. The summed E-state index contributed by atoms with van der Waals surface area (Å²) >= 11 is 0. The quantitative estimate of drug-likeness (QED) is 0.894. The highest BCUT2D eigenvalue weighted by atomic mass is 16.3. The predicted octanol–water partition coefficient (Wildman–Crippen LogP) is 1.75. The SMILES string of the molecule is CC1(C)CNCCC1(O)CN1C[C@@H](c2ccccc2)CC1=O. The van der Waals surface area contributed by atoms with Crippen LogP contribution < -0.4 is 5.32 Å². The molecule has 1 aromatic rings. The number of rotatable bonds is 3. The molecule has 0 aromatic heterocycles. The lowest BCUT2D eigenvalue weighted by atomic mass is 9.70. The second-order valence-electron chi connectivity index (χ2n) is 7.43. The number of aliphatic hydroxyl groups is 1. The molecule has 2 fully saturated rings. The number of benzene rings is 1. The summed E-state index contributed by atoms with van der Waals surface area (Å²) in [6.07, 6.45) is 1.25. The minimum Gasteiger partial charge on any atom is -0.387 e. The maximum absolute atomic E-state index is 12.4. The van der Waals surface area contributed by atoms with Crippen LogP contribution in [0.5, 0.6) is 0 Å². The Morgan fingerprint density at radius 1 is 1.32 bits per heavy atom. The third-order valence-electron chi connectivity index (χ3n) is 5.48. The van der Waals surface area contributed by atoms with E-state index in [0.717, 1.165) is 13.1 Å². The van der Waals surface area contributed by atoms with Crippen LogP contribution in [-0.2, 0) is 4.79 Å². The summed E-state index contributed by atoms with van der Waals surface area (Å²) in [5.41, 5.74) is 0.186. The molecule has 0 radical (unpaired) electrons. The Morgan fingerprint density at radius 2 is 2.05 bits per heavy atom. The number of β-amino-alcohol motifs (C(OH)–C–C–N with tert-alkyl or cyclic N) is 1. The Balaban J connectivity index is 1.72. The third-order valence-corrected chi connectivity index (χ3v) is 5.48. The average Bonchev–Trinajstić information content (AvgIpc) is 2.84. The summed E-state index contributed by atoms with van der Waals surface area (Å²) in [6, 6.07) is 10.2. The molecule has 2 aliphatic heterocycles. The molecule has 3 rings (SSSR count). The number of piperidine rings is 1. The van der Waals surface area contributed by atoms with E-state index >= 15 is 0 Å². The van der Waals surface area contributed by atoms with Crippen molar-refractivity contribution in [1.29, 1.82) is 0 Å². The monoisotopic (exact) mass is 302 g/mol. The molecule has 0 spiro atoms. The molecule has 4 nitrogen and oxygen atoms in total. The summed E-state index contributed by atoms with van der Waals surface area (Å²) < 4.78 is 0. The van der Waals surface area contributed by atoms with Gasteiger partial charge in [0.05, 0.1) is 12.1 Å². The normalized spacial score (nSPS) is 31.5. The minimum absolute atomic E-state index is 0.164. The first-order valence-electron chi connectivity index (χ1n) is 8.17. The van der Waals surface area contributed by atoms with Gasteiger partial charge in [-0.1, -0.05) is 44.2 Å². The zero-order chi connectivity index (χ0) is 15.8. The number of amides is 1. The van der Waals surface area contributed by atoms with Gasteiger partial charge in [0.25, 0.3) is 0 Å². The maximum atomic E-state index is 12.4. The van der Waals surface area contributed by atoms with Crippen LogP contribution in [0, 0.1) is 5.41 Å². The Bertz CT molecular complexity index is 543. The molecule has 120 valence electrons. The lowest BCUT2D eigenvalue weighted by Gasteiger charge is -2.48. The van der Waals surface area contributed by atoms with Crippen LogP contribution in [0.3, 0.4) is 0 Å². The third kappa shape index (κ3) is 2.77. The van der Waals surface area contributed by atoms with E-state index in [9.17, 15) is 9.90 Å². The Morgan fingerprint density at radius 3 is 2.73 bits per heavy atom. The van der Waals surface area contributed by atoms with Gasteiger partial charge in [-0.3, -0.25) is 4.79 Å². The van der Waals surface area contributed by atoms with Gasteiger partial charge in [0.2, 0.25) is 5.91 Å². The second-order valence-corrected chi connectivity index (χ2v) is 7.43. The fourth-order valence-electron chi connectivity index (χ4n) is 3.68. The van der Waals surface area contributed by atoms with Crippen LogP contribution in [0.1, 0.15) is 38.2 Å². The molecule has 2 saturated heterocycles. The van der Waals surface area contributed by atoms with Gasteiger partial charge in [0.1, 0.15) is 0 Å². The summed E-state index contributed by atoms with van der Waals surface area (Å²) in [7, 11) is 0. The molecule has 0 bridgehead atoms. The van der Waals surface area contributed by atoms with Crippen molar-refractivity contribution in [2.75, 3.05) is 26.2 Å². The van der Waals surface area contributed by atoms with Crippen molar-refractivity contribution in [2.24, 2.45) is 5.41 Å².